The molecule has 2 rings (SSSR count). The van der Waals surface area contributed by atoms with Gasteiger partial charge in [0.25, 0.3) is 0 Å². The van der Waals surface area contributed by atoms with Crippen molar-refractivity contribution in [2.45, 2.75) is 26.6 Å². The van der Waals surface area contributed by atoms with Gasteiger partial charge >= 0.3 is 12.2 Å². The molecule has 0 unspecified atom stereocenters. The zero-order valence-electron chi connectivity index (χ0n) is 12.2. The van der Waals surface area contributed by atoms with Crippen molar-refractivity contribution in [1.29, 1.82) is 0 Å². The van der Waals surface area contributed by atoms with Gasteiger partial charge in [0.05, 0.1) is 5.41 Å². The first-order valence-electron chi connectivity index (χ1n) is 6.66. The van der Waals surface area contributed by atoms with E-state index in [9.17, 15) is 18.0 Å². The minimum atomic E-state index is -4.38. The molecule has 2 N–H and O–H groups in total. The third-order valence-corrected chi connectivity index (χ3v) is 3.35. The number of fused-ring (bicyclic) bond motifs is 1. The van der Waals surface area contributed by atoms with Gasteiger partial charge < -0.3 is 20.1 Å². The van der Waals surface area contributed by atoms with Gasteiger partial charge in [-0.1, -0.05) is 6.07 Å². The van der Waals surface area contributed by atoms with Crippen molar-refractivity contribution < 1.29 is 27.4 Å². The van der Waals surface area contributed by atoms with Crippen molar-refractivity contribution in [2.24, 2.45) is 5.41 Å². The Morgan fingerprint density at radius 2 is 1.86 bits per heavy atom. The van der Waals surface area contributed by atoms with Crippen LogP contribution >= 0.6 is 0 Å². The van der Waals surface area contributed by atoms with E-state index >= 15 is 0 Å². The molecule has 2 amide bonds. The van der Waals surface area contributed by atoms with Crippen LogP contribution in [-0.4, -0.2) is 25.5 Å². The van der Waals surface area contributed by atoms with Crippen molar-refractivity contribution in [3.05, 3.63) is 23.8 Å². The number of urea groups is 1. The van der Waals surface area contributed by atoms with E-state index in [1.54, 1.807) is 18.2 Å². The van der Waals surface area contributed by atoms with Gasteiger partial charge in [-0.05, 0) is 31.5 Å². The van der Waals surface area contributed by atoms with E-state index in [1.165, 1.54) is 0 Å². The van der Waals surface area contributed by atoms with Crippen molar-refractivity contribution in [2.75, 3.05) is 13.3 Å². The minimum absolute atomic E-state index is 0.152. The van der Waals surface area contributed by atoms with E-state index in [0.29, 0.717) is 11.5 Å². The maximum Gasteiger partial charge on any atom is 0.395 e. The van der Waals surface area contributed by atoms with Crippen LogP contribution in [0.4, 0.5) is 18.0 Å². The van der Waals surface area contributed by atoms with Crippen LogP contribution in [-0.2, 0) is 6.54 Å². The molecule has 1 aliphatic rings. The van der Waals surface area contributed by atoms with Gasteiger partial charge in [-0.2, -0.15) is 13.2 Å². The number of halogens is 3. The molecule has 0 bridgehead atoms. The molecule has 1 aliphatic heterocycles. The third kappa shape index (κ3) is 3.75. The van der Waals surface area contributed by atoms with E-state index in [0.717, 1.165) is 19.4 Å². The molecule has 0 atom stereocenters. The Hall–Kier alpha value is -2.12. The molecule has 0 saturated carbocycles. The fourth-order valence-corrected chi connectivity index (χ4v) is 1.70. The van der Waals surface area contributed by atoms with Crippen LogP contribution in [0.15, 0.2) is 18.2 Å². The molecular formula is C14H17F3N2O3. The topological polar surface area (TPSA) is 59.6 Å². The lowest BCUT2D eigenvalue weighted by Gasteiger charge is -2.27. The van der Waals surface area contributed by atoms with E-state index in [4.69, 9.17) is 9.47 Å². The molecule has 0 aromatic heterocycles. The molecular weight excluding hydrogens is 301 g/mol. The maximum atomic E-state index is 12.7. The summed E-state index contributed by atoms with van der Waals surface area (Å²) in [4.78, 5) is 11.6. The van der Waals surface area contributed by atoms with Crippen LogP contribution in [0.3, 0.4) is 0 Å². The lowest BCUT2D eigenvalue weighted by molar-refractivity contribution is -0.208. The largest absolute Gasteiger partial charge is 0.454 e. The number of rotatable bonds is 4. The lowest BCUT2D eigenvalue weighted by atomic mass is 9.93. The first-order valence-corrected chi connectivity index (χ1v) is 6.66. The Labute approximate surface area is 125 Å². The van der Waals surface area contributed by atoms with Crippen molar-refractivity contribution in [1.82, 2.24) is 10.6 Å². The summed E-state index contributed by atoms with van der Waals surface area (Å²) < 4.78 is 48.4. The highest BCUT2D eigenvalue weighted by Crippen LogP contribution is 2.36. The molecule has 0 radical (unpaired) electrons. The number of carbonyl (C=O) groups is 1. The Kier molecular flexibility index (Phi) is 4.39. The van der Waals surface area contributed by atoms with Gasteiger partial charge in [0.1, 0.15) is 0 Å². The van der Waals surface area contributed by atoms with Crippen molar-refractivity contribution in [3.8, 4) is 11.5 Å². The third-order valence-electron chi connectivity index (χ3n) is 3.35. The first kappa shape index (κ1) is 16.3. The fourth-order valence-electron chi connectivity index (χ4n) is 1.70. The average molecular weight is 318 g/mol. The number of ether oxygens (including phenoxy) is 2. The fraction of sp³-hybridized carbons (Fsp3) is 0.500. The number of carbonyl (C=O) groups excluding carboxylic acids is 1. The summed E-state index contributed by atoms with van der Waals surface area (Å²) in [6.45, 7) is 1.90. The van der Waals surface area contributed by atoms with Gasteiger partial charge in [-0.15, -0.1) is 0 Å². The van der Waals surface area contributed by atoms with E-state index in [2.05, 4.69) is 10.6 Å². The van der Waals surface area contributed by atoms with Gasteiger partial charge in [0.2, 0.25) is 6.79 Å². The number of amides is 2. The second-order valence-electron chi connectivity index (χ2n) is 5.61. The second-order valence-corrected chi connectivity index (χ2v) is 5.61. The molecule has 0 saturated heterocycles. The maximum absolute atomic E-state index is 12.7. The van der Waals surface area contributed by atoms with Crippen LogP contribution in [0.2, 0.25) is 0 Å². The van der Waals surface area contributed by atoms with Crippen LogP contribution < -0.4 is 20.1 Å². The Morgan fingerprint density at radius 1 is 1.18 bits per heavy atom. The molecule has 1 aromatic rings. The Morgan fingerprint density at radius 3 is 2.55 bits per heavy atom. The summed E-state index contributed by atoms with van der Waals surface area (Å²) in [6, 6.07) is 4.51. The highest BCUT2D eigenvalue weighted by Gasteiger charge is 2.47. The highest BCUT2D eigenvalue weighted by atomic mass is 19.4. The summed E-state index contributed by atoms with van der Waals surface area (Å²) in [6.07, 6.45) is -4.38. The molecule has 122 valence electrons. The monoisotopic (exact) mass is 318 g/mol. The molecule has 8 heteroatoms. The number of alkyl halides is 3. The minimum Gasteiger partial charge on any atom is -0.454 e. The molecule has 0 spiro atoms. The Balaban J connectivity index is 1.81. The summed E-state index contributed by atoms with van der Waals surface area (Å²) in [7, 11) is 0. The van der Waals surface area contributed by atoms with Crippen LogP contribution in [0.25, 0.3) is 0 Å². The standard InChI is InChI=1S/C14H17F3N2O3/c1-13(2,14(15,16)17)7-19-12(20)18-6-9-3-4-10-11(5-9)22-8-21-10/h3-5H,6-8H2,1-2H3,(H2,18,19,20). The number of nitrogens with one attached hydrogen (secondary N) is 2. The summed E-state index contributed by atoms with van der Waals surface area (Å²) in [5.41, 5.74) is -1.22. The highest BCUT2D eigenvalue weighted by molar-refractivity contribution is 5.73. The van der Waals surface area contributed by atoms with E-state index in [-0.39, 0.29) is 13.3 Å². The Bertz CT molecular complexity index is 559. The van der Waals surface area contributed by atoms with Crippen LogP contribution in [0.5, 0.6) is 11.5 Å². The van der Waals surface area contributed by atoms with Gasteiger partial charge in [0.15, 0.2) is 11.5 Å². The average Bonchev–Trinajstić information content (AvgIpc) is 2.89. The number of hydrogen-bond acceptors (Lipinski definition) is 3. The van der Waals surface area contributed by atoms with Crippen LogP contribution in [0, 0.1) is 5.41 Å². The normalized spacial score (nSPS) is 13.9. The van der Waals surface area contributed by atoms with Gasteiger partial charge in [-0.3, -0.25) is 0 Å². The summed E-state index contributed by atoms with van der Waals surface area (Å²) in [5.74, 6) is 1.21. The molecule has 5 nitrogen and oxygen atoms in total. The quantitative estimate of drug-likeness (QED) is 0.897. The molecule has 0 fully saturated rings. The summed E-state index contributed by atoms with van der Waals surface area (Å²) in [5, 5.41) is 4.73. The molecule has 1 heterocycles. The van der Waals surface area contributed by atoms with Gasteiger partial charge in [0, 0.05) is 13.1 Å². The van der Waals surface area contributed by atoms with E-state index in [1.807, 2.05) is 0 Å². The zero-order valence-corrected chi connectivity index (χ0v) is 12.2. The summed E-state index contributed by atoms with van der Waals surface area (Å²) >= 11 is 0. The molecule has 22 heavy (non-hydrogen) atoms. The van der Waals surface area contributed by atoms with Crippen molar-refractivity contribution >= 4 is 6.03 Å². The molecule has 1 aromatic carbocycles. The number of hydrogen-bond donors (Lipinski definition) is 2. The van der Waals surface area contributed by atoms with Crippen molar-refractivity contribution in [3.63, 3.8) is 0 Å². The predicted molar refractivity (Wildman–Crippen MR) is 72.6 cm³/mol. The lowest BCUT2D eigenvalue weighted by Crippen LogP contribution is -2.46. The zero-order chi connectivity index (χ0) is 16.4. The SMILES string of the molecule is CC(C)(CNC(=O)NCc1ccc2c(c1)OCO2)C(F)(F)F. The first-order chi connectivity index (χ1) is 10.2. The number of benzene rings is 1. The van der Waals surface area contributed by atoms with E-state index < -0.39 is 24.2 Å². The smallest absolute Gasteiger partial charge is 0.395 e. The van der Waals surface area contributed by atoms with Crippen LogP contribution in [0.1, 0.15) is 19.4 Å². The second kappa shape index (κ2) is 5.94. The molecule has 0 aliphatic carbocycles. The van der Waals surface area contributed by atoms with Gasteiger partial charge in [-0.25, -0.2) is 4.79 Å². The predicted octanol–water partition coefficient (Wildman–Crippen LogP) is 2.80.